The lowest BCUT2D eigenvalue weighted by Crippen LogP contribution is -2.42. The predicted octanol–water partition coefficient (Wildman–Crippen LogP) is 3.21. The monoisotopic (exact) mass is 445 g/mol. The summed E-state index contributed by atoms with van der Waals surface area (Å²) in [5.74, 6) is 1.97. The van der Waals surface area contributed by atoms with Gasteiger partial charge in [-0.25, -0.2) is 9.67 Å². The van der Waals surface area contributed by atoms with Crippen LogP contribution >= 0.6 is 0 Å². The van der Waals surface area contributed by atoms with Crippen LogP contribution in [-0.2, 0) is 11.3 Å². The normalized spacial score (nSPS) is 16.3. The second-order valence-corrected chi connectivity index (χ2v) is 8.33. The fraction of sp³-hybridized carbons (Fsp3) is 0.375. The Morgan fingerprint density at radius 3 is 2.79 bits per heavy atom. The first-order chi connectivity index (χ1) is 16.2. The number of tetrazole rings is 1. The SMILES string of the molecule is CCCn1c(C2CCCN(C(=O)COc3ccc(-n4cnnn4)cc3)C2)nc2ccccc21. The van der Waals surface area contributed by atoms with E-state index >= 15 is 0 Å². The maximum absolute atomic E-state index is 12.9. The number of rotatable bonds is 7. The zero-order valence-corrected chi connectivity index (χ0v) is 18.7. The van der Waals surface area contributed by atoms with Gasteiger partial charge in [0, 0.05) is 25.6 Å². The highest BCUT2D eigenvalue weighted by Crippen LogP contribution is 2.29. The molecule has 0 saturated carbocycles. The minimum Gasteiger partial charge on any atom is -0.484 e. The molecular weight excluding hydrogens is 418 g/mol. The van der Waals surface area contributed by atoms with Crippen LogP contribution in [-0.4, -0.2) is 60.3 Å². The van der Waals surface area contributed by atoms with Gasteiger partial charge in [-0.3, -0.25) is 4.79 Å². The molecule has 3 heterocycles. The van der Waals surface area contributed by atoms with E-state index in [-0.39, 0.29) is 18.4 Å². The molecule has 1 fully saturated rings. The number of likely N-dealkylation sites (tertiary alicyclic amines) is 1. The smallest absolute Gasteiger partial charge is 0.260 e. The van der Waals surface area contributed by atoms with E-state index in [0.29, 0.717) is 12.3 Å². The number of carbonyl (C=O) groups excluding carboxylic acids is 1. The first-order valence-electron chi connectivity index (χ1n) is 11.4. The molecular formula is C24H27N7O2. The molecule has 9 nitrogen and oxygen atoms in total. The second-order valence-electron chi connectivity index (χ2n) is 8.33. The van der Waals surface area contributed by atoms with Crippen LogP contribution in [0.4, 0.5) is 0 Å². The van der Waals surface area contributed by atoms with E-state index in [1.807, 2.05) is 35.2 Å². The standard InChI is InChI=1S/C24H27N7O2/c1-2-13-30-22-8-4-3-7-21(22)26-24(30)18-6-5-14-29(15-18)23(32)16-33-20-11-9-19(10-12-20)31-17-25-27-28-31/h3-4,7-12,17-18H,2,5-6,13-16H2,1H3. The number of para-hydroxylation sites is 2. The van der Waals surface area contributed by atoms with Crippen LogP contribution in [0.1, 0.15) is 37.9 Å². The van der Waals surface area contributed by atoms with Crippen LogP contribution in [0.5, 0.6) is 5.75 Å². The van der Waals surface area contributed by atoms with E-state index in [1.165, 1.54) is 11.8 Å². The lowest BCUT2D eigenvalue weighted by molar-refractivity contribution is -0.134. The Labute approximate surface area is 192 Å². The summed E-state index contributed by atoms with van der Waals surface area (Å²) >= 11 is 0. The zero-order valence-electron chi connectivity index (χ0n) is 18.7. The van der Waals surface area contributed by atoms with Gasteiger partial charge >= 0.3 is 0 Å². The number of benzene rings is 2. The van der Waals surface area contributed by atoms with Crippen molar-refractivity contribution in [2.24, 2.45) is 0 Å². The Bertz CT molecular complexity index is 1220. The fourth-order valence-electron chi connectivity index (χ4n) is 4.49. The molecule has 1 amide bonds. The zero-order chi connectivity index (χ0) is 22.6. The van der Waals surface area contributed by atoms with Gasteiger partial charge in [0.1, 0.15) is 17.9 Å². The summed E-state index contributed by atoms with van der Waals surface area (Å²) in [6.07, 6.45) is 4.58. The van der Waals surface area contributed by atoms with Crippen molar-refractivity contribution < 1.29 is 9.53 Å². The van der Waals surface area contributed by atoms with Gasteiger partial charge in [0.15, 0.2) is 6.61 Å². The Morgan fingerprint density at radius 1 is 1.15 bits per heavy atom. The van der Waals surface area contributed by atoms with Crippen molar-refractivity contribution in [3.63, 3.8) is 0 Å². The summed E-state index contributed by atoms with van der Waals surface area (Å²) < 4.78 is 9.67. The van der Waals surface area contributed by atoms with Crippen LogP contribution < -0.4 is 4.74 Å². The van der Waals surface area contributed by atoms with Crippen molar-refractivity contribution in [2.45, 2.75) is 38.6 Å². The number of nitrogens with zero attached hydrogens (tertiary/aromatic N) is 7. The number of aryl methyl sites for hydroxylation is 1. The third-order valence-corrected chi connectivity index (χ3v) is 6.08. The first-order valence-corrected chi connectivity index (χ1v) is 11.4. The summed E-state index contributed by atoms with van der Waals surface area (Å²) in [6, 6.07) is 15.6. The molecule has 1 saturated heterocycles. The minimum absolute atomic E-state index is 0.00223. The number of ether oxygens (including phenoxy) is 1. The van der Waals surface area contributed by atoms with E-state index in [9.17, 15) is 4.79 Å². The minimum atomic E-state index is 0.00223. The molecule has 0 aliphatic carbocycles. The fourth-order valence-corrected chi connectivity index (χ4v) is 4.49. The molecule has 0 radical (unpaired) electrons. The molecule has 1 unspecified atom stereocenters. The lowest BCUT2D eigenvalue weighted by atomic mass is 9.97. The molecule has 0 bridgehead atoms. The van der Waals surface area contributed by atoms with E-state index in [4.69, 9.17) is 9.72 Å². The highest BCUT2D eigenvalue weighted by atomic mass is 16.5. The average Bonchev–Trinajstić information content (AvgIpc) is 3.52. The molecule has 170 valence electrons. The molecule has 4 aromatic rings. The number of imidazole rings is 1. The quantitative estimate of drug-likeness (QED) is 0.434. The van der Waals surface area contributed by atoms with E-state index in [1.54, 1.807) is 4.68 Å². The van der Waals surface area contributed by atoms with Gasteiger partial charge in [-0.15, -0.1) is 5.10 Å². The van der Waals surface area contributed by atoms with Gasteiger partial charge in [0.25, 0.3) is 5.91 Å². The maximum Gasteiger partial charge on any atom is 0.260 e. The number of aromatic nitrogens is 6. The van der Waals surface area contributed by atoms with Crippen LogP contribution in [0, 0.1) is 0 Å². The predicted molar refractivity (Wildman–Crippen MR) is 123 cm³/mol. The van der Waals surface area contributed by atoms with Crippen molar-refractivity contribution >= 4 is 16.9 Å². The third-order valence-electron chi connectivity index (χ3n) is 6.08. The molecule has 2 aromatic carbocycles. The second kappa shape index (κ2) is 9.40. The lowest BCUT2D eigenvalue weighted by Gasteiger charge is -2.32. The van der Waals surface area contributed by atoms with Gasteiger partial charge in [-0.05, 0) is 66.1 Å². The van der Waals surface area contributed by atoms with Crippen LogP contribution in [0.2, 0.25) is 0 Å². The third kappa shape index (κ3) is 4.44. The molecule has 0 N–H and O–H groups in total. The van der Waals surface area contributed by atoms with E-state index in [0.717, 1.165) is 49.4 Å². The van der Waals surface area contributed by atoms with Crippen molar-refractivity contribution in [1.82, 2.24) is 34.7 Å². The summed E-state index contributed by atoms with van der Waals surface area (Å²) in [5, 5.41) is 11.1. The summed E-state index contributed by atoms with van der Waals surface area (Å²) in [6.45, 7) is 4.56. The molecule has 0 spiro atoms. The van der Waals surface area contributed by atoms with Gasteiger partial charge in [-0.2, -0.15) is 0 Å². The summed E-state index contributed by atoms with van der Waals surface area (Å²) in [7, 11) is 0. The van der Waals surface area contributed by atoms with Crippen molar-refractivity contribution in [1.29, 1.82) is 0 Å². The number of piperidine rings is 1. The molecule has 1 aliphatic heterocycles. The van der Waals surface area contributed by atoms with Crippen molar-refractivity contribution in [3.8, 4) is 11.4 Å². The van der Waals surface area contributed by atoms with Crippen molar-refractivity contribution in [2.75, 3.05) is 19.7 Å². The molecule has 1 aliphatic rings. The number of carbonyl (C=O) groups is 1. The number of fused-ring (bicyclic) bond motifs is 1. The number of amides is 1. The van der Waals surface area contributed by atoms with Crippen molar-refractivity contribution in [3.05, 3.63) is 60.7 Å². The van der Waals surface area contributed by atoms with Crippen LogP contribution in [0.15, 0.2) is 54.9 Å². The van der Waals surface area contributed by atoms with Crippen LogP contribution in [0.25, 0.3) is 16.7 Å². The Balaban J connectivity index is 1.24. The highest BCUT2D eigenvalue weighted by Gasteiger charge is 2.28. The average molecular weight is 446 g/mol. The number of hydrogen-bond acceptors (Lipinski definition) is 6. The van der Waals surface area contributed by atoms with E-state index in [2.05, 4.69) is 45.2 Å². The Hall–Kier alpha value is -3.75. The number of hydrogen-bond donors (Lipinski definition) is 0. The molecule has 33 heavy (non-hydrogen) atoms. The summed E-state index contributed by atoms with van der Waals surface area (Å²) in [4.78, 5) is 19.8. The highest BCUT2D eigenvalue weighted by molar-refractivity contribution is 5.78. The van der Waals surface area contributed by atoms with Crippen LogP contribution in [0.3, 0.4) is 0 Å². The maximum atomic E-state index is 12.9. The Morgan fingerprint density at radius 2 is 2.00 bits per heavy atom. The van der Waals surface area contributed by atoms with Gasteiger partial charge in [-0.1, -0.05) is 19.1 Å². The molecule has 5 rings (SSSR count). The topological polar surface area (TPSA) is 91.0 Å². The molecule has 1 atom stereocenters. The largest absolute Gasteiger partial charge is 0.484 e. The van der Waals surface area contributed by atoms with E-state index < -0.39 is 0 Å². The van der Waals surface area contributed by atoms with Gasteiger partial charge < -0.3 is 14.2 Å². The molecule has 9 heteroatoms. The first kappa shape index (κ1) is 21.1. The van der Waals surface area contributed by atoms with Gasteiger partial charge in [0.05, 0.1) is 16.7 Å². The summed E-state index contributed by atoms with van der Waals surface area (Å²) in [5.41, 5.74) is 3.02. The molecule has 2 aromatic heterocycles. The van der Waals surface area contributed by atoms with Gasteiger partial charge in [0.2, 0.25) is 0 Å². The Kier molecular flexibility index (Phi) is 6.01.